The predicted octanol–water partition coefficient (Wildman–Crippen LogP) is 3.60. The summed E-state index contributed by atoms with van der Waals surface area (Å²) in [7, 11) is 1.43. The summed E-state index contributed by atoms with van der Waals surface area (Å²) in [6, 6.07) is 11.1. The van der Waals surface area contributed by atoms with E-state index in [0.717, 1.165) is 10.9 Å². The first-order valence-corrected chi connectivity index (χ1v) is 7.46. The molecule has 7 heteroatoms. The Morgan fingerprint density at radius 3 is 2.68 bits per heavy atom. The van der Waals surface area contributed by atoms with Gasteiger partial charge in [-0.2, -0.15) is 0 Å². The van der Waals surface area contributed by atoms with Gasteiger partial charge in [-0.1, -0.05) is 12.1 Å². The van der Waals surface area contributed by atoms with Gasteiger partial charge < -0.3 is 13.9 Å². The second kappa shape index (κ2) is 6.64. The Hall–Kier alpha value is -3.35. The molecule has 0 unspecified atom stereocenters. The monoisotopic (exact) mass is 341 g/mol. The van der Waals surface area contributed by atoms with Crippen LogP contribution >= 0.6 is 0 Å². The maximum absolute atomic E-state index is 11.7. The molecule has 0 atom stereocenters. The molecule has 0 aliphatic rings. The van der Waals surface area contributed by atoms with Gasteiger partial charge in [-0.05, 0) is 30.7 Å². The standard InChI is InChI=1S/C18H15NO6/c1-11-3-5-14-12(8-18(20)25-17(14)7-11)10-24-16-6-4-13(23-2)9-15(16)19(21)22/h3-9H,10H2,1-2H3. The van der Waals surface area contributed by atoms with Crippen molar-refractivity contribution >= 4 is 16.7 Å². The van der Waals surface area contributed by atoms with Gasteiger partial charge >= 0.3 is 11.3 Å². The first-order chi connectivity index (χ1) is 12.0. The summed E-state index contributed by atoms with van der Waals surface area (Å²) in [5.41, 5.74) is 1.30. The molecule has 7 nitrogen and oxygen atoms in total. The highest BCUT2D eigenvalue weighted by Crippen LogP contribution is 2.32. The van der Waals surface area contributed by atoms with Crippen LogP contribution in [0.15, 0.2) is 51.7 Å². The molecule has 0 aliphatic heterocycles. The molecule has 0 spiro atoms. The summed E-state index contributed by atoms with van der Waals surface area (Å²) in [4.78, 5) is 22.4. The average Bonchev–Trinajstić information content (AvgIpc) is 2.58. The summed E-state index contributed by atoms with van der Waals surface area (Å²) in [6.07, 6.45) is 0. The van der Waals surface area contributed by atoms with E-state index in [0.29, 0.717) is 16.9 Å². The van der Waals surface area contributed by atoms with Gasteiger partial charge in [0.2, 0.25) is 0 Å². The normalized spacial score (nSPS) is 10.6. The van der Waals surface area contributed by atoms with Crippen molar-refractivity contribution in [2.45, 2.75) is 13.5 Å². The molecule has 1 aromatic heterocycles. The second-order valence-electron chi connectivity index (χ2n) is 5.47. The fraction of sp³-hybridized carbons (Fsp3) is 0.167. The van der Waals surface area contributed by atoms with E-state index < -0.39 is 10.5 Å². The van der Waals surface area contributed by atoms with Crippen molar-refractivity contribution in [3.63, 3.8) is 0 Å². The zero-order valence-corrected chi connectivity index (χ0v) is 13.6. The molecular weight excluding hydrogens is 326 g/mol. The van der Waals surface area contributed by atoms with E-state index in [-0.39, 0.29) is 18.0 Å². The SMILES string of the molecule is COc1ccc(OCc2cc(=O)oc3cc(C)ccc23)c([N+](=O)[O-])c1. The number of fused-ring (bicyclic) bond motifs is 1. The summed E-state index contributed by atoms with van der Waals surface area (Å²) < 4.78 is 15.8. The Morgan fingerprint density at radius 2 is 1.96 bits per heavy atom. The van der Waals surface area contributed by atoms with Crippen LogP contribution in [0.3, 0.4) is 0 Å². The third-order valence-corrected chi connectivity index (χ3v) is 3.73. The fourth-order valence-corrected chi connectivity index (χ4v) is 2.50. The van der Waals surface area contributed by atoms with Gasteiger partial charge in [0.25, 0.3) is 0 Å². The largest absolute Gasteiger partial charge is 0.496 e. The molecule has 128 valence electrons. The van der Waals surface area contributed by atoms with Crippen molar-refractivity contribution in [3.8, 4) is 11.5 Å². The van der Waals surface area contributed by atoms with Gasteiger partial charge in [0.15, 0.2) is 5.75 Å². The lowest BCUT2D eigenvalue weighted by molar-refractivity contribution is -0.386. The predicted molar refractivity (Wildman–Crippen MR) is 91.2 cm³/mol. The third-order valence-electron chi connectivity index (χ3n) is 3.73. The highest BCUT2D eigenvalue weighted by molar-refractivity contribution is 5.80. The molecule has 0 amide bonds. The van der Waals surface area contributed by atoms with E-state index in [9.17, 15) is 14.9 Å². The second-order valence-corrected chi connectivity index (χ2v) is 5.47. The zero-order valence-electron chi connectivity index (χ0n) is 13.6. The quantitative estimate of drug-likeness (QED) is 0.400. The first kappa shape index (κ1) is 16.5. The molecule has 0 saturated carbocycles. The summed E-state index contributed by atoms with van der Waals surface area (Å²) in [5.74, 6) is 0.458. The van der Waals surface area contributed by atoms with Gasteiger partial charge in [-0.3, -0.25) is 10.1 Å². The van der Waals surface area contributed by atoms with Crippen molar-refractivity contribution in [1.82, 2.24) is 0 Å². The van der Waals surface area contributed by atoms with Crippen LogP contribution in [0.4, 0.5) is 5.69 Å². The minimum absolute atomic E-state index is 0.00166. The topological polar surface area (TPSA) is 91.8 Å². The maximum atomic E-state index is 11.7. The number of nitro benzene ring substituents is 1. The van der Waals surface area contributed by atoms with Gasteiger partial charge in [0.05, 0.1) is 18.1 Å². The van der Waals surface area contributed by atoms with E-state index in [1.165, 1.54) is 25.3 Å². The molecule has 25 heavy (non-hydrogen) atoms. The molecule has 0 saturated heterocycles. The minimum Gasteiger partial charge on any atom is -0.496 e. The summed E-state index contributed by atoms with van der Waals surface area (Å²) in [6.45, 7) is 1.89. The molecule has 3 rings (SSSR count). The van der Waals surface area contributed by atoms with Crippen molar-refractivity contribution in [3.05, 3.63) is 74.1 Å². The molecule has 2 aromatic carbocycles. The van der Waals surface area contributed by atoms with E-state index in [2.05, 4.69) is 0 Å². The van der Waals surface area contributed by atoms with E-state index in [4.69, 9.17) is 13.9 Å². The minimum atomic E-state index is -0.543. The number of rotatable bonds is 5. The Labute approximate surface area is 142 Å². The number of methoxy groups -OCH3 is 1. The van der Waals surface area contributed by atoms with Crippen molar-refractivity contribution in [1.29, 1.82) is 0 Å². The highest BCUT2D eigenvalue weighted by atomic mass is 16.6. The Morgan fingerprint density at radius 1 is 1.16 bits per heavy atom. The van der Waals surface area contributed by atoms with Crippen LogP contribution < -0.4 is 15.1 Å². The number of aryl methyl sites for hydroxylation is 1. The third kappa shape index (κ3) is 3.45. The van der Waals surface area contributed by atoms with Crippen LogP contribution in [0.2, 0.25) is 0 Å². The maximum Gasteiger partial charge on any atom is 0.336 e. The molecule has 0 radical (unpaired) electrons. The van der Waals surface area contributed by atoms with E-state index in [1.54, 1.807) is 12.1 Å². The molecule has 0 bridgehead atoms. The lowest BCUT2D eigenvalue weighted by Crippen LogP contribution is -2.05. The van der Waals surface area contributed by atoms with Crippen LogP contribution in [-0.4, -0.2) is 12.0 Å². The van der Waals surface area contributed by atoms with Crippen molar-refractivity contribution < 1.29 is 18.8 Å². The highest BCUT2D eigenvalue weighted by Gasteiger charge is 2.17. The molecule has 0 aliphatic carbocycles. The van der Waals surface area contributed by atoms with Gasteiger partial charge in [-0.25, -0.2) is 4.79 Å². The molecule has 3 aromatic rings. The number of ether oxygens (including phenoxy) is 2. The molecular formula is C18H15NO6. The lowest BCUT2D eigenvalue weighted by Gasteiger charge is -2.10. The van der Waals surface area contributed by atoms with Crippen molar-refractivity contribution in [2.75, 3.05) is 7.11 Å². The van der Waals surface area contributed by atoms with Crippen LogP contribution in [0.5, 0.6) is 11.5 Å². The van der Waals surface area contributed by atoms with Gasteiger partial charge in [0.1, 0.15) is 17.9 Å². The van der Waals surface area contributed by atoms with Crippen LogP contribution in [0.25, 0.3) is 11.0 Å². The molecule has 0 N–H and O–H groups in total. The molecule has 0 fully saturated rings. The molecule has 1 heterocycles. The average molecular weight is 341 g/mol. The fourth-order valence-electron chi connectivity index (χ4n) is 2.50. The lowest BCUT2D eigenvalue weighted by atomic mass is 10.1. The van der Waals surface area contributed by atoms with E-state index >= 15 is 0 Å². The first-order valence-electron chi connectivity index (χ1n) is 7.46. The van der Waals surface area contributed by atoms with Gasteiger partial charge in [-0.15, -0.1) is 0 Å². The summed E-state index contributed by atoms with van der Waals surface area (Å²) >= 11 is 0. The Bertz CT molecular complexity index is 1010. The Kier molecular flexibility index (Phi) is 4.38. The Balaban J connectivity index is 1.96. The smallest absolute Gasteiger partial charge is 0.336 e. The number of hydrogen-bond donors (Lipinski definition) is 0. The zero-order chi connectivity index (χ0) is 18.0. The van der Waals surface area contributed by atoms with Gasteiger partial charge in [0, 0.05) is 17.0 Å². The van der Waals surface area contributed by atoms with E-state index in [1.807, 2.05) is 19.1 Å². The summed E-state index contributed by atoms with van der Waals surface area (Å²) in [5, 5.41) is 11.9. The van der Waals surface area contributed by atoms with Crippen LogP contribution in [0.1, 0.15) is 11.1 Å². The number of benzene rings is 2. The van der Waals surface area contributed by atoms with Crippen LogP contribution in [0, 0.1) is 17.0 Å². The number of nitrogens with zero attached hydrogens (tertiary/aromatic N) is 1. The van der Waals surface area contributed by atoms with Crippen LogP contribution in [-0.2, 0) is 6.61 Å². The van der Waals surface area contributed by atoms with Crippen molar-refractivity contribution in [2.24, 2.45) is 0 Å². The number of nitro groups is 1. The number of hydrogen-bond acceptors (Lipinski definition) is 6.